The lowest BCUT2D eigenvalue weighted by molar-refractivity contribution is -0.0222. The molecule has 1 N–H and O–H groups in total. The summed E-state index contributed by atoms with van der Waals surface area (Å²) in [5, 5.41) is 11.0. The van der Waals surface area contributed by atoms with Gasteiger partial charge >= 0.3 is 0 Å². The Morgan fingerprint density at radius 1 is 1.17 bits per heavy atom. The van der Waals surface area contributed by atoms with Gasteiger partial charge in [-0.05, 0) is 31.0 Å². The van der Waals surface area contributed by atoms with Crippen LogP contribution in [0, 0.1) is 0 Å². The molecular weight excluding hydrogens is 316 g/mol. The molecule has 0 aliphatic carbocycles. The molecule has 1 amide bonds. The topological polar surface area (TPSA) is 53.0 Å². The van der Waals surface area contributed by atoms with E-state index >= 15 is 0 Å². The molecule has 0 bridgehead atoms. The zero-order valence-electron chi connectivity index (χ0n) is 13.2. The van der Waals surface area contributed by atoms with Gasteiger partial charge in [-0.1, -0.05) is 17.7 Å². The molecule has 23 heavy (non-hydrogen) atoms. The molecule has 2 heterocycles. The molecule has 2 fully saturated rings. The number of hydrogen-bond donors (Lipinski definition) is 1. The first-order chi connectivity index (χ1) is 11.1. The van der Waals surface area contributed by atoms with Crippen LogP contribution in [0.3, 0.4) is 0 Å². The van der Waals surface area contributed by atoms with E-state index in [1.54, 1.807) is 24.3 Å². The van der Waals surface area contributed by atoms with Crippen LogP contribution in [-0.2, 0) is 4.74 Å². The highest BCUT2D eigenvalue weighted by molar-refractivity contribution is 6.30. The molecular formula is C17H23ClN2O3. The molecule has 0 spiro atoms. The molecule has 2 aliphatic heterocycles. The summed E-state index contributed by atoms with van der Waals surface area (Å²) in [7, 11) is 0. The van der Waals surface area contributed by atoms with E-state index in [2.05, 4.69) is 4.90 Å². The van der Waals surface area contributed by atoms with Crippen molar-refractivity contribution in [2.45, 2.75) is 25.0 Å². The summed E-state index contributed by atoms with van der Waals surface area (Å²) in [5.74, 6) is -0.0117. The lowest BCUT2D eigenvalue weighted by Crippen LogP contribution is -2.49. The number of morpholine rings is 1. The van der Waals surface area contributed by atoms with E-state index in [1.165, 1.54) is 0 Å². The molecule has 0 unspecified atom stereocenters. The van der Waals surface area contributed by atoms with Gasteiger partial charge < -0.3 is 14.7 Å². The first-order valence-electron chi connectivity index (χ1n) is 8.20. The number of aliphatic hydroxyl groups excluding tert-OH is 1. The number of carbonyl (C=O) groups is 1. The number of hydrogen-bond acceptors (Lipinski definition) is 4. The minimum Gasteiger partial charge on any atom is -0.391 e. The van der Waals surface area contributed by atoms with Gasteiger partial charge in [0.05, 0.1) is 19.3 Å². The summed E-state index contributed by atoms with van der Waals surface area (Å²) < 4.78 is 5.39. The van der Waals surface area contributed by atoms with E-state index in [0.717, 1.165) is 19.5 Å². The van der Waals surface area contributed by atoms with Crippen LogP contribution in [0.4, 0.5) is 0 Å². The zero-order valence-corrected chi connectivity index (χ0v) is 13.9. The van der Waals surface area contributed by atoms with Gasteiger partial charge in [0, 0.05) is 42.8 Å². The summed E-state index contributed by atoms with van der Waals surface area (Å²) in [6, 6.07) is 7.15. The fourth-order valence-corrected chi connectivity index (χ4v) is 3.61. The van der Waals surface area contributed by atoms with Gasteiger partial charge in [-0.15, -0.1) is 0 Å². The molecule has 0 radical (unpaired) electrons. The van der Waals surface area contributed by atoms with Crippen LogP contribution in [0.15, 0.2) is 24.3 Å². The Hall–Kier alpha value is -1.14. The van der Waals surface area contributed by atoms with Crippen molar-refractivity contribution in [3.8, 4) is 0 Å². The van der Waals surface area contributed by atoms with E-state index in [9.17, 15) is 9.90 Å². The second-order valence-electron chi connectivity index (χ2n) is 6.16. The fourth-order valence-electron chi connectivity index (χ4n) is 3.42. The lowest BCUT2D eigenvalue weighted by atomic mass is 10.0. The quantitative estimate of drug-likeness (QED) is 0.890. The molecule has 1 aromatic rings. The zero-order chi connectivity index (χ0) is 16.2. The van der Waals surface area contributed by atoms with Gasteiger partial charge in [0.1, 0.15) is 0 Å². The highest BCUT2D eigenvalue weighted by atomic mass is 35.5. The maximum absolute atomic E-state index is 12.6. The van der Waals surface area contributed by atoms with Crippen molar-refractivity contribution in [1.82, 2.24) is 9.80 Å². The monoisotopic (exact) mass is 338 g/mol. The van der Waals surface area contributed by atoms with Crippen molar-refractivity contribution in [3.63, 3.8) is 0 Å². The summed E-state index contributed by atoms with van der Waals surface area (Å²) in [6.45, 7) is 4.37. The molecule has 0 aromatic heterocycles. The maximum atomic E-state index is 12.6. The number of nitrogens with zero attached hydrogens (tertiary/aromatic N) is 2. The third-order valence-corrected chi connectivity index (χ3v) is 4.94. The van der Waals surface area contributed by atoms with Crippen LogP contribution in [0.1, 0.15) is 23.2 Å². The summed E-state index contributed by atoms with van der Waals surface area (Å²) in [6.07, 6.45) is 0.993. The summed E-state index contributed by atoms with van der Waals surface area (Å²) in [4.78, 5) is 16.8. The third-order valence-electron chi connectivity index (χ3n) is 4.71. The number of amides is 1. The normalized spacial score (nSPS) is 26.8. The number of likely N-dealkylation sites (tertiary alicyclic amines) is 1. The van der Waals surface area contributed by atoms with Crippen molar-refractivity contribution >= 4 is 17.5 Å². The van der Waals surface area contributed by atoms with Gasteiger partial charge in [0.15, 0.2) is 0 Å². The van der Waals surface area contributed by atoms with Gasteiger partial charge in [-0.2, -0.15) is 0 Å². The number of halogens is 1. The number of aliphatic hydroxyl groups is 1. The van der Waals surface area contributed by atoms with Gasteiger partial charge in [0.2, 0.25) is 0 Å². The van der Waals surface area contributed by atoms with E-state index in [-0.39, 0.29) is 11.9 Å². The van der Waals surface area contributed by atoms with Crippen LogP contribution < -0.4 is 0 Å². The summed E-state index contributed by atoms with van der Waals surface area (Å²) in [5.41, 5.74) is 0.608. The highest BCUT2D eigenvalue weighted by Crippen LogP contribution is 2.21. The molecule has 1 aromatic carbocycles. The largest absolute Gasteiger partial charge is 0.391 e. The Balaban J connectivity index is 1.66. The Labute approximate surface area is 141 Å². The number of benzene rings is 1. The smallest absolute Gasteiger partial charge is 0.253 e. The Morgan fingerprint density at radius 3 is 2.65 bits per heavy atom. The lowest BCUT2D eigenvalue weighted by Gasteiger charge is -2.36. The number of rotatable bonds is 2. The first kappa shape index (κ1) is 16.7. The predicted octanol–water partition coefficient (Wildman–Crippen LogP) is 1.64. The third kappa shape index (κ3) is 4.04. The Morgan fingerprint density at radius 2 is 1.91 bits per heavy atom. The molecule has 6 heteroatoms. The predicted molar refractivity (Wildman–Crippen MR) is 88.8 cm³/mol. The van der Waals surface area contributed by atoms with Crippen LogP contribution in [0.25, 0.3) is 0 Å². The summed E-state index contributed by atoms with van der Waals surface area (Å²) >= 11 is 5.98. The molecule has 3 rings (SSSR count). The van der Waals surface area contributed by atoms with Crippen molar-refractivity contribution in [3.05, 3.63) is 34.9 Å². The first-order valence-corrected chi connectivity index (χ1v) is 8.57. The molecule has 126 valence electrons. The standard InChI is InChI=1S/C17H23ClN2O3/c18-14-3-1-2-13(12-14)17(22)20-6-4-15(16(21)5-7-20)19-8-10-23-11-9-19/h1-3,12,15-16,21H,4-11H2/t15-,16-/m0/s1. The Kier molecular flexibility index (Phi) is 5.54. The van der Waals surface area contributed by atoms with Crippen molar-refractivity contribution < 1.29 is 14.6 Å². The van der Waals surface area contributed by atoms with Crippen molar-refractivity contribution in [2.24, 2.45) is 0 Å². The van der Waals surface area contributed by atoms with Crippen LogP contribution in [-0.4, -0.2) is 72.4 Å². The molecule has 2 aliphatic rings. The molecule has 0 saturated carbocycles. The molecule has 2 saturated heterocycles. The van der Waals surface area contributed by atoms with E-state index in [0.29, 0.717) is 43.3 Å². The Bertz CT molecular complexity index is 548. The minimum atomic E-state index is -0.398. The highest BCUT2D eigenvalue weighted by Gasteiger charge is 2.32. The van der Waals surface area contributed by atoms with Gasteiger partial charge in [0.25, 0.3) is 5.91 Å². The van der Waals surface area contributed by atoms with E-state index in [4.69, 9.17) is 16.3 Å². The number of ether oxygens (including phenoxy) is 1. The van der Waals surface area contributed by atoms with Gasteiger partial charge in [-0.3, -0.25) is 9.69 Å². The van der Waals surface area contributed by atoms with Crippen molar-refractivity contribution in [2.75, 3.05) is 39.4 Å². The average Bonchev–Trinajstić information content (AvgIpc) is 2.77. The van der Waals surface area contributed by atoms with Crippen LogP contribution >= 0.6 is 11.6 Å². The SMILES string of the molecule is O=C(c1cccc(Cl)c1)N1CC[C@H](O)[C@@H](N2CCOCC2)CC1. The van der Waals surface area contributed by atoms with Crippen LogP contribution in [0.2, 0.25) is 5.02 Å². The fraction of sp³-hybridized carbons (Fsp3) is 0.588. The van der Waals surface area contributed by atoms with Crippen molar-refractivity contribution in [1.29, 1.82) is 0 Å². The number of carbonyl (C=O) groups excluding carboxylic acids is 1. The van der Waals surface area contributed by atoms with Crippen LogP contribution in [0.5, 0.6) is 0 Å². The minimum absolute atomic E-state index is 0.0117. The molecule has 5 nitrogen and oxygen atoms in total. The second-order valence-corrected chi connectivity index (χ2v) is 6.60. The van der Waals surface area contributed by atoms with Gasteiger partial charge in [-0.25, -0.2) is 0 Å². The molecule has 2 atom stereocenters. The maximum Gasteiger partial charge on any atom is 0.253 e. The van der Waals surface area contributed by atoms with E-state index in [1.807, 2.05) is 4.90 Å². The second kappa shape index (κ2) is 7.62. The van der Waals surface area contributed by atoms with E-state index < -0.39 is 6.10 Å². The average molecular weight is 339 g/mol.